The second-order valence-electron chi connectivity index (χ2n) is 4.65. The van der Waals surface area contributed by atoms with Crippen molar-refractivity contribution in [3.8, 4) is 5.75 Å². The van der Waals surface area contributed by atoms with Crippen LogP contribution >= 0.6 is 0 Å². The van der Waals surface area contributed by atoms with E-state index in [0.717, 1.165) is 19.3 Å². The van der Waals surface area contributed by atoms with Gasteiger partial charge in [-0.2, -0.15) is 0 Å². The van der Waals surface area contributed by atoms with Gasteiger partial charge in [-0.05, 0) is 25.3 Å². The van der Waals surface area contributed by atoms with Crippen molar-refractivity contribution in [2.24, 2.45) is 0 Å². The Morgan fingerprint density at radius 1 is 1.17 bits per heavy atom. The highest BCUT2D eigenvalue weighted by atomic mass is 19.1. The molecule has 0 unspecified atom stereocenters. The smallest absolute Gasteiger partial charge is 0.131 e. The summed E-state index contributed by atoms with van der Waals surface area (Å²) in [6.45, 7) is 7.07. The van der Waals surface area contributed by atoms with E-state index in [9.17, 15) is 4.39 Å². The van der Waals surface area contributed by atoms with Gasteiger partial charge in [-0.3, -0.25) is 0 Å². The fraction of sp³-hybridized carbons (Fsp3) is 0.600. The second-order valence-corrected chi connectivity index (χ2v) is 4.65. The van der Waals surface area contributed by atoms with Crippen molar-refractivity contribution in [3.63, 3.8) is 0 Å². The first-order valence-electron chi connectivity index (χ1n) is 6.68. The molecule has 1 N–H and O–H groups in total. The van der Waals surface area contributed by atoms with Gasteiger partial charge in [-0.1, -0.05) is 26.8 Å². The molecule has 0 heterocycles. The summed E-state index contributed by atoms with van der Waals surface area (Å²) >= 11 is 0. The summed E-state index contributed by atoms with van der Waals surface area (Å²) in [4.78, 5) is 0. The minimum atomic E-state index is -0.209. The fourth-order valence-electron chi connectivity index (χ4n) is 2.21. The van der Waals surface area contributed by atoms with E-state index in [2.05, 4.69) is 26.1 Å². The van der Waals surface area contributed by atoms with E-state index in [0.29, 0.717) is 17.9 Å². The maximum absolute atomic E-state index is 13.8. The molecule has 0 fully saturated rings. The van der Waals surface area contributed by atoms with Gasteiger partial charge in [-0.15, -0.1) is 0 Å². The van der Waals surface area contributed by atoms with Crippen LogP contribution in [-0.4, -0.2) is 12.6 Å². The predicted molar refractivity (Wildman–Crippen MR) is 73.4 cm³/mol. The molecule has 0 aliphatic heterocycles. The molecule has 1 rings (SSSR count). The molecule has 0 radical (unpaired) electrons. The molecule has 102 valence electrons. The Balaban J connectivity index is 2.73. The lowest BCUT2D eigenvalue weighted by atomic mass is 9.89. The third-order valence-corrected chi connectivity index (χ3v) is 3.94. The van der Waals surface area contributed by atoms with Gasteiger partial charge >= 0.3 is 0 Å². The van der Waals surface area contributed by atoms with E-state index in [-0.39, 0.29) is 11.4 Å². The molecule has 0 aliphatic carbocycles. The number of halogens is 1. The first kappa shape index (κ1) is 15.0. The minimum Gasteiger partial charge on any atom is -0.497 e. The summed E-state index contributed by atoms with van der Waals surface area (Å²) in [6.07, 6.45) is 3.16. The summed E-state index contributed by atoms with van der Waals surface area (Å²) in [5, 5.41) is 3.50. The average Bonchev–Trinajstić information content (AvgIpc) is 2.42. The van der Waals surface area contributed by atoms with Crippen molar-refractivity contribution in [1.82, 2.24) is 5.32 Å². The second kappa shape index (κ2) is 6.74. The van der Waals surface area contributed by atoms with Crippen LogP contribution in [0.2, 0.25) is 0 Å². The zero-order valence-corrected chi connectivity index (χ0v) is 11.8. The van der Waals surface area contributed by atoms with Crippen LogP contribution in [-0.2, 0) is 6.54 Å². The van der Waals surface area contributed by atoms with E-state index in [4.69, 9.17) is 4.74 Å². The summed E-state index contributed by atoms with van der Waals surface area (Å²) < 4.78 is 18.8. The van der Waals surface area contributed by atoms with Crippen LogP contribution in [0.4, 0.5) is 4.39 Å². The minimum absolute atomic E-state index is 0.117. The van der Waals surface area contributed by atoms with E-state index < -0.39 is 0 Å². The Labute approximate surface area is 110 Å². The van der Waals surface area contributed by atoms with Gasteiger partial charge in [0.15, 0.2) is 0 Å². The highest BCUT2D eigenvalue weighted by Crippen LogP contribution is 2.21. The van der Waals surface area contributed by atoms with Gasteiger partial charge < -0.3 is 10.1 Å². The van der Waals surface area contributed by atoms with Gasteiger partial charge in [-0.25, -0.2) is 4.39 Å². The molecule has 0 saturated carbocycles. The molecule has 0 bridgehead atoms. The lowest BCUT2D eigenvalue weighted by Gasteiger charge is -2.32. The highest BCUT2D eigenvalue weighted by Gasteiger charge is 2.23. The van der Waals surface area contributed by atoms with E-state index in [1.54, 1.807) is 19.2 Å². The van der Waals surface area contributed by atoms with Crippen molar-refractivity contribution in [1.29, 1.82) is 0 Å². The maximum Gasteiger partial charge on any atom is 0.131 e. The summed E-state index contributed by atoms with van der Waals surface area (Å²) in [6, 6.07) is 5.01. The quantitative estimate of drug-likeness (QED) is 0.796. The van der Waals surface area contributed by atoms with Crippen LogP contribution in [0.5, 0.6) is 5.75 Å². The first-order valence-corrected chi connectivity index (χ1v) is 6.68. The number of rotatable bonds is 7. The number of benzene rings is 1. The van der Waals surface area contributed by atoms with Crippen molar-refractivity contribution in [2.75, 3.05) is 7.11 Å². The molecule has 1 aromatic carbocycles. The Kier molecular flexibility index (Phi) is 5.60. The zero-order valence-electron chi connectivity index (χ0n) is 11.8. The number of nitrogens with one attached hydrogen (secondary N) is 1. The van der Waals surface area contributed by atoms with Crippen LogP contribution in [0.3, 0.4) is 0 Å². The molecular formula is C15H24FNO. The van der Waals surface area contributed by atoms with E-state index in [1.807, 2.05) is 0 Å². The van der Waals surface area contributed by atoms with E-state index >= 15 is 0 Å². The first-order chi connectivity index (χ1) is 8.60. The van der Waals surface area contributed by atoms with Gasteiger partial charge in [0.1, 0.15) is 11.6 Å². The molecule has 0 aliphatic rings. The van der Waals surface area contributed by atoms with Crippen molar-refractivity contribution in [2.45, 2.75) is 52.1 Å². The third-order valence-electron chi connectivity index (χ3n) is 3.94. The number of hydrogen-bond acceptors (Lipinski definition) is 2. The van der Waals surface area contributed by atoms with Gasteiger partial charge in [0.2, 0.25) is 0 Å². The van der Waals surface area contributed by atoms with Crippen LogP contribution in [0, 0.1) is 5.82 Å². The molecular weight excluding hydrogens is 229 g/mol. The molecule has 0 amide bonds. The molecule has 1 aromatic rings. The molecule has 18 heavy (non-hydrogen) atoms. The Morgan fingerprint density at radius 2 is 1.78 bits per heavy atom. The molecule has 0 spiro atoms. The lowest BCUT2D eigenvalue weighted by molar-refractivity contribution is 0.286. The van der Waals surface area contributed by atoms with Crippen molar-refractivity contribution >= 4 is 0 Å². The molecule has 0 aromatic heterocycles. The maximum atomic E-state index is 13.8. The normalized spacial score (nSPS) is 11.6. The Hall–Kier alpha value is -1.09. The average molecular weight is 253 g/mol. The van der Waals surface area contributed by atoms with Crippen LogP contribution < -0.4 is 10.1 Å². The zero-order chi connectivity index (χ0) is 13.6. The van der Waals surface area contributed by atoms with Crippen LogP contribution in [0.15, 0.2) is 18.2 Å². The molecule has 3 heteroatoms. The van der Waals surface area contributed by atoms with Crippen molar-refractivity contribution in [3.05, 3.63) is 29.6 Å². The monoisotopic (exact) mass is 253 g/mol. The van der Waals surface area contributed by atoms with Gasteiger partial charge in [0, 0.05) is 23.7 Å². The standard InChI is InChI=1S/C15H24FNO/c1-5-15(6-2,7-3)17-11-12-8-9-13(18-4)10-14(12)16/h8-10,17H,5-7,11H2,1-4H3. The number of methoxy groups -OCH3 is 1. The van der Waals surface area contributed by atoms with Gasteiger partial charge in [0.25, 0.3) is 0 Å². The fourth-order valence-corrected chi connectivity index (χ4v) is 2.21. The summed E-state index contributed by atoms with van der Waals surface area (Å²) in [5.74, 6) is 0.350. The van der Waals surface area contributed by atoms with Gasteiger partial charge in [0.05, 0.1) is 7.11 Å². The third kappa shape index (κ3) is 3.45. The molecule has 2 nitrogen and oxygen atoms in total. The number of ether oxygens (including phenoxy) is 1. The lowest BCUT2D eigenvalue weighted by Crippen LogP contribution is -2.43. The topological polar surface area (TPSA) is 21.3 Å². The number of hydrogen-bond donors (Lipinski definition) is 1. The largest absolute Gasteiger partial charge is 0.497 e. The Morgan fingerprint density at radius 3 is 2.22 bits per heavy atom. The highest BCUT2D eigenvalue weighted by molar-refractivity contribution is 5.28. The Bertz CT molecular complexity index is 366. The van der Waals surface area contributed by atoms with Crippen molar-refractivity contribution < 1.29 is 9.13 Å². The SMILES string of the molecule is CCC(CC)(CC)NCc1ccc(OC)cc1F. The van der Waals surface area contributed by atoms with Crippen LogP contribution in [0.1, 0.15) is 45.6 Å². The summed E-state index contributed by atoms with van der Waals surface area (Å²) in [5.41, 5.74) is 0.808. The predicted octanol–water partition coefficient (Wildman–Crippen LogP) is 3.89. The summed E-state index contributed by atoms with van der Waals surface area (Å²) in [7, 11) is 1.54. The van der Waals surface area contributed by atoms with Crippen LogP contribution in [0.25, 0.3) is 0 Å². The van der Waals surface area contributed by atoms with E-state index in [1.165, 1.54) is 6.07 Å². The molecule has 0 atom stereocenters. The molecule has 0 saturated heterocycles.